The van der Waals surface area contributed by atoms with Crippen LogP contribution in [0.3, 0.4) is 0 Å². The zero-order chi connectivity index (χ0) is 13.8. The lowest BCUT2D eigenvalue weighted by atomic mass is 9.92. The molecule has 1 aliphatic heterocycles. The number of amides is 1. The van der Waals surface area contributed by atoms with Crippen LogP contribution in [0.1, 0.15) is 23.6 Å². The summed E-state index contributed by atoms with van der Waals surface area (Å²) in [6, 6.07) is 6.98. The molecule has 1 amide bonds. The van der Waals surface area contributed by atoms with E-state index in [0.29, 0.717) is 19.5 Å². The van der Waals surface area contributed by atoms with Crippen LogP contribution in [0.15, 0.2) is 24.3 Å². The Labute approximate surface area is 112 Å². The summed E-state index contributed by atoms with van der Waals surface area (Å²) in [7, 11) is 1.59. The molecule has 0 fully saturated rings. The molecule has 0 radical (unpaired) electrons. The fraction of sp³-hybridized carbons (Fsp3) is 0.429. The first-order chi connectivity index (χ1) is 9.13. The molecular formula is C14H18N2O3. The second kappa shape index (κ2) is 5.84. The van der Waals surface area contributed by atoms with Gasteiger partial charge in [0.1, 0.15) is 6.04 Å². The summed E-state index contributed by atoms with van der Waals surface area (Å²) in [5.74, 6) is -0.924. The Kier molecular flexibility index (Phi) is 4.16. The van der Waals surface area contributed by atoms with Crippen molar-refractivity contribution in [1.82, 2.24) is 10.2 Å². The number of carbonyl (C=O) groups is 2. The SMILES string of the molecule is CNC(=O)CCN1CCc2ccccc2C1C(=O)O. The van der Waals surface area contributed by atoms with Crippen LogP contribution in [0.4, 0.5) is 0 Å². The first kappa shape index (κ1) is 13.5. The third kappa shape index (κ3) is 2.93. The van der Waals surface area contributed by atoms with Crippen LogP contribution in [0.5, 0.6) is 0 Å². The highest BCUT2D eigenvalue weighted by molar-refractivity contribution is 5.77. The summed E-state index contributed by atoms with van der Waals surface area (Å²) in [5, 5.41) is 12.0. The zero-order valence-corrected chi connectivity index (χ0v) is 10.9. The summed E-state index contributed by atoms with van der Waals surface area (Å²) in [5.41, 5.74) is 1.93. The molecule has 2 rings (SSSR count). The third-order valence-corrected chi connectivity index (χ3v) is 3.52. The van der Waals surface area contributed by atoms with E-state index in [4.69, 9.17) is 0 Å². The van der Waals surface area contributed by atoms with Crippen molar-refractivity contribution in [3.63, 3.8) is 0 Å². The van der Waals surface area contributed by atoms with Crippen molar-refractivity contribution in [2.75, 3.05) is 20.1 Å². The average molecular weight is 262 g/mol. The van der Waals surface area contributed by atoms with Gasteiger partial charge in [0.15, 0.2) is 0 Å². The summed E-state index contributed by atoms with van der Waals surface area (Å²) in [4.78, 5) is 24.7. The predicted octanol–water partition coefficient (Wildman–Crippen LogP) is 0.806. The Balaban J connectivity index is 2.18. The summed E-state index contributed by atoms with van der Waals surface area (Å²) in [6.45, 7) is 1.13. The van der Waals surface area contributed by atoms with Gasteiger partial charge in [-0.15, -0.1) is 0 Å². The van der Waals surface area contributed by atoms with Crippen LogP contribution in [-0.4, -0.2) is 42.0 Å². The van der Waals surface area contributed by atoms with Crippen LogP contribution in [-0.2, 0) is 16.0 Å². The first-order valence-electron chi connectivity index (χ1n) is 6.38. The molecule has 1 unspecified atom stereocenters. The molecule has 1 heterocycles. The highest BCUT2D eigenvalue weighted by Crippen LogP contribution is 2.29. The minimum Gasteiger partial charge on any atom is -0.480 e. The van der Waals surface area contributed by atoms with E-state index in [-0.39, 0.29) is 5.91 Å². The van der Waals surface area contributed by atoms with E-state index in [0.717, 1.165) is 17.5 Å². The number of hydrogen-bond acceptors (Lipinski definition) is 3. The van der Waals surface area contributed by atoms with Crippen molar-refractivity contribution < 1.29 is 14.7 Å². The van der Waals surface area contributed by atoms with E-state index >= 15 is 0 Å². The lowest BCUT2D eigenvalue weighted by Crippen LogP contribution is -2.41. The largest absolute Gasteiger partial charge is 0.480 e. The predicted molar refractivity (Wildman–Crippen MR) is 70.8 cm³/mol. The molecule has 5 nitrogen and oxygen atoms in total. The number of nitrogens with one attached hydrogen (secondary N) is 1. The number of rotatable bonds is 4. The van der Waals surface area contributed by atoms with Gasteiger partial charge in [0.25, 0.3) is 0 Å². The smallest absolute Gasteiger partial charge is 0.325 e. The molecule has 1 aromatic rings. The molecule has 2 N–H and O–H groups in total. The van der Waals surface area contributed by atoms with E-state index in [1.807, 2.05) is 29.2 Å². The second-order valence-corrected chi connectivity index (χ2v) is 4.65. The maximum Gasteiger partial charge on any atom is 0.325 e. The number of fused-ring (bicyclic) bond motifs is 1. The number of benzene rings is 1. The lowest BCUT2D eigenvalue weighted by Gasteiger charge is -2.34. The molecule has 0 saturated carbocycles. The van der Waals surface area contributed by atoms with Crippen LogP contribution in [0, 0.1) is 0 Å². The number of carbonyl (C=O) groups excluding carboxylic acids is 1. The van der Waals surface area contributed by atoms with Crippen LogP contribution < -0.4 is 5.32 Å². The molecule has 1 aromatic carbocycles. The van der Waals surface area contributed by atoms with Gasteiger partial charge in [-0.1, -0.05) is 24.3 Å². The molecule has 19 heavy (non-hydrogen) atoms. The maximum absolute atomic E-state index is 11.5. The van der Waals surface area contributed by atoms with Crippen LogP contribution >= 0.6 is 0 Å². The standard InChI is InChI=1S/C14H18N2O3/c1-15-12(17)7-9-16-8-6-10-4-2-3-5-11(10)13(16)14(18)19/h2-5,13H,6-9H2,1H3,(H,15,17)(H,18,19). The van der Waals surface area contributed by atoms with Gasteiger partial charge in [0.2, 0.25) is 5.91 Å². The molecule has 0 aliphatic carbocycles. The highest BCUT2D eigenvalue weighted by atomic mass is 16.4. The molecule has 102 valence electrons. The Morgan fingerprint density at radius 3 is 2.84 bits per heavy atom. The fourth-order valence-electron chi connectivity index (χ4n) is 2.52. The van der Waals surface area contributed by atoms with E-state index < -0.39 is 12.0 Å². The van der Waals surface area contributed by atoms with Gasteiger partial charge in [0.05, 0.1) is 0 Å². The van der Waals surface area contributed by atoms with Crippen molar-refractivity contribution in [3.8, 4) is 0 Å². The van der Waals surface area contributed by atoms with E-state index in [1.54, 1.807) is 7.05 Å². The van der Waals surface area contributed by atoms with E-state index in [9.17, 15) is 14.7 Å². The molecule has 1 atom stereocenters. The lowest BCUT2D eigenvalue weighted by molar-refractivity contribution is -0.144. The molecule has 1 aliphatic rings. The topological polar surface area (TPSA) is 69.6 Å². The number of carboxylic acid groups (broad SMARTS) is 1. The van der Waals surface area contributed by atoms with Crippen molar-refractivity contribution in [2.45, 2.75) is 18.9 Å². The quantitative estimate of drug-likeness (QED) is 0.842. The third-order valence-electron chi connectivity index (χ3n) is 3.52. The zero-order valence-electron chi connectivity index (χ0n) is 10.9. The number of aliphatic carboxylic acids is 1. The Hall–Kier alpha value is -1.88. The fourth-order valence-corrected chi connectivity index (χ4v) is 2.52. The molecule has 0 spiro atoms. The van der Waals surface area contributed by atoms with E-state index in [2.05, 4.69) is 5.32 Å². The summed E-state index contributed by atoms with van der Waals surface area (Å²) < 4.78 is 0. The minimum absolute atomic E-state index is 0.0667. The molecule has 0 bridgehead atoms. The minimum atomic E-state index is -0.857. The van der Waals surface area contributed by atoms with Gasteiger partial charge < -0.3 is 10.4 Å². The van der Waals surface area contributed by atoms with Gasteiger partial charge in [-0.3, -0.25) is 14.5 Å². The highest BCUT2D eigenvalue weighted by Gasteiger charge is 2.32. The Morgan fingerprint density at radius 2 is 2.16 bits per heavy atom. The second-order valence-electron chi connectivity index (χ2n) is 4.65. The summed E-state index contributed by atoms with van der Waals surface area (Å²) in [6.07, 6.45) is 1.15. The van der Waals surface area contributed by atoms with Crippen molar-refractivity contribution in [1.29, 1.82) is 0 Å². The molecule has 5 heteroatoms. The van der Waals surface area contributed by atoms with Crippen molar-refractivity contribution in [2.24, 2.45) is 0 Å². The van der Waals surface area contributed by atoms with Crippen LogP contribution in [0.25, 0.3) is 0 Å². The normalized spacial score (nSPS) is 18.7. The van der Waals surface area contributed by atoms with E-state index in [1.165, 1.54) is 0 Å². The van der Waals surface area contributed by atoms with Gasteiger partial charge in [-0.25, -0.2) is 0 Å². The van der Waals surface area contributed by atoms with Gasteiger partial charge in [-0.2, -0.15) is 0 Å². The van der Waals surface area contributed by atoms with Gasteiger partial charge in [-0.05, 0) is 17.5 Å². The van der Waals surface area contributed by atoms with Gasteiger partial charge >= 0.3 is 5.97 Å². The molecule has 0 aromatic heterocycles. The number of nitrogens with zero attached hydrogens (tertiary/aromatic N) is 1. The molecule has 0 saturated heterocycles. The van der Waals surface area contributed by atoms with Crippen molar-refractivity contribution >= 4 is 11.9 Å². The Bertz CT molecular complexity index is 487. The van der Waals surface area contributed by atoms with Crippen molar-refractivity contribution in [3.05, 3.63) is 35.4 Å². The summed E-state index contributed by atoms with van der Waals surface area (Å²) >= 11 is 0. The first-order valence-corrected chi connectivity index (χ1v) is 6.38. The number of hydrogen-bond donors (Lipinski definition) is 2. The average Bonchev–Trinajstić information content (AvgIpc) is 2.43. The molecular weight excluding hydrogens is 244 g/mol. The monoisotopic (exact) mass is 262 g/mol. The van der Waals surface area contributed by atoms with Gasteiger partial charge in [0, 0.05) is 26.6 Å². The maximum atomic E-state index is 11.5. The van der Waals surface area contributed by atoms with Crippen LogP contribution in [0.2, 0.25) is 0 Å². The Morgan fingerprint density at radius 1 is 1.42 bits per heavy atom. The number of carboxylic acids is 1.